The SMILES string of the molecule is c1ccc(CNc2nc(-c3cccnc3)nc3ccc(-c4cc5ccccc5o4)cc23)nc1. The number of fused-ring (bicyclic) bond motifs is 2. The molecule has 1 N–H and O–H groups in total. The average molecular weight is 429 g/mol. The van der Waals surface area contributed by atoms with Gasteiger partial charge in [0.05, 0.1) is 17.8 Å². The summed E-state index contributed by atoms with van der Waals surface area (Å²) >= 11 is 0. The summed E-state index contributed by atoms with van der Waals surface area (Å²) in [4.78, 5) is 18.3. The molecule has 0 unspecified atom stereocenters. The Hall–Kier alpha value is -4.58. The van der Waals surface area contributed by atoms with Crippen LogP contribution in [-0.2, 0) is 6.54 Å². The normalized spacial score (nSPS) is 11.2. The summed E-state index contributed by atoms with van der Waals surface area (Å²) in [5.41, 5.74) is 4.47. The summed E-state index contributed by atoms with van der Waals surface area (Å²) in [6.45, 7) is 0.550. The Balaban J connectivity index is 1.47. The highest BCUT2D eigenvalue weighted by Crippen LogP contribution is 2.32. The Kier molecular flexibility index (Phi) is 4.73. The van der Waals surface area contributed by atoms with E-state index in [0.29, 0.717) is 12.4 Å². The van der Waals surface area contributed by atoms with E-state index in [1.54, 1.807) is 18.6 Å². The lowest BCUT2D eigenvalue weighted by Crippen LogP contribution is -2.05. The van der Waals surface area contributed by atoms with Crippen molar-refractivity contribution in [2.45, 2.75) is 6.54 Å². The summed E-state index contributed by atoms with van der Waals surface area (Å²) < 4.78 is 6.09. The van der Waals surface area contributed by atoms with Gasteiger partial charge in [-0.05, 0) is 54.6 Å². The van der Waals surface area contributed by atoms with Gasteiger partial charge in [-0.1, -0.05) is 24.3 Å². The summed E-state index contributed by atoms with van der Waals surface area (Å²) in [6.07, 6.45) is 5.30. The van der Waals surface area contributed by atoms with Crippen LogP contribution in [0.25, 0.3) is 44.6 Å². The quantitative estimate of drug-likeness (QED) is 0.356. The zero-order valence-electron chi connectivity index (χ0n) is 17.6. The molecule has 6 nitrogen and oxygen atoms in total. The topological polar surface area (TPSA) is 76.7 Å². The second-order valence-electron chi connectivity index (χ2n) is 7.69. The number of aromatic nitrogens is 4. The largest absolute Gasteiger partial charge is 0.456 e. The van der Waals surface area contributed by atoms with Crippen LogP contribution in [0.3, 0.4) is 0 Å². The third-order valence-corrected chi connectivity index (χ3v) is 5.49. The van der Waals surface area contributed by atoms with Crippen molar-refractivity contribution in [1.29, 1.82) is 0 Å². The van der Waals surface area contributed by atoms with Gasteiger partial charge in [-0.15, -0.1) is 0 Å². The summed E-state index contributed by atoms with van der Waals surface area (Å²) in [6, 6.07) is 25.9. The standard InChI is InChI=1S/C27H19N5O/c1-2-9-24-18(6-1)15-25(33-24)19-10-11-23-22(14-19)27(30-17-21-8-3-4-13-29-21)32-26(31-23)20-7-5-12-28-16-20/h1-16H,17H2,(H,30,31,32). The van der Waals surface area contributed by atoms with E-state index in [4.69, 9.17) is 14.4 Å². The number of hydrogen-bond donors (Lipinski definition) is 1. The van der Waals surface area contributed by atoms with Gasteiger partial charge in [0.2, 0.25) is 0 Å². The van der Waals surface area contributed by atoms with E-state index in [2.05, 4.69) is 27.4 Å². The van der Waals surface area contributed by atoms with Gasteiger partial charge in [-0.2, -0.15) is 0 Å². The van der Waals surface area contributed by atoms with Crippen LogP contribution in [-0.4, -0.2) is 19.9 Å². The van der Waals surface area contributed by atoms with Gasteiger partial charge in [-0.25, -0.2) is 9.97 Å². The molecule has 2 aromatic carbocycles. The monoisotopic (exact) mass is 429 g/mol. The average Bonchev–Trinajstić information content (AvgIpc) is 3.32. The number of pyridine rings is 2. The first kappa shape index (κ1) is 19.1. The maximum absolute atomic E-state index is 6.09. The van der Waals surface area contributed by atoms with Gasteiger partial charge in [0, 0.05) is 40.5 Å². The Morgan fingerprint density at radius 3 is 2.58 bits per heavy atom. The minimum atomic E-state index is 0.550. The van der Waals surface area contributed by atoms with Crippen molar-refractivity contribution >= 4 is 27.7 Å². The second kappa shape index (κ2) is 8.16. The number of anilines is 1. The zero-order valence-corrected chi connectivity index (χ0v) is 17.6. The number of hydrogen-bond acceptors (Lipinski definition) is 6. The lowest BCUT2D eigenvalue weighted by molar-refractivity contribution is 0.631. The van der Waals surface area contributed by atoms with Crippen molar-refractivity contribution < 1.29 is 4.42 Å². The van der Waals surface area contributed by atoms with Crippen molar-refractivity contribution in [3.8, 4) is 22.7 Å². The zero-order chi connectivity index (χ0) is 22.0. The minimum Gasteiger partial charge on any atom is -0.456 e. The highest BCUT2D eigenvalue weighted by molar-refractivity contribution is 5.94. The molecule has 6 heteroatoms. The fraction of sp³-hybridized carbons (Fsp3) is 0.0370. The Labute approximate surface area is 190 Å². The highest BCUT2D eigenvalue weighted by Gasteiger charge is 2.13. The lowest BCUT2D eigenvalue weighted by atomic mass is 10.1. The van der Waals surface area contributed by atoms with E-state index in [9.17, 15) is 0 Å². The summed E-state index contributed by atoms with van der Waals surface area (Å²) in [5, 5.41) is 5.44. The molecule has 0 amide bonds. The molecule has 0 spiro atoms. The van der Waals surface area contributed by atoms with Gasteiger partial charge < -0.3 is 9.73 Å². The molecule has 0 aliphatic heterocycles. The first-order valence-electron chi connectivity index (χ1n) is 10.7. The van der Waals surface area contributed by atoms with E-state index in [1.165, 1.54) is 0 Å². The van der Waals surface area contributed by atoms with Crippen LogP contribution in [0.1, 0.15) is 5.69 Å². The Morgan fingerprint density at radius 1 is 0.788 bits per heavy atom. The van der Waals surface area contributed by atoms with Crippen LogP contribution in [0.15, 0.2) is 102 Å². The molecule has 0 fully saturated rings. The van der Waals surface area contributed by atoms with Crippen LogP contribution in [0.2, 0.25) is 0 Å². The number of nitrogens with zero attached hydrogens (tertiary/aromatic N) is 4. The molecule has 6 aromatic rings. The predicted molar refractivity (Wildman–Crippen MR) is 130 cm³/mol. The van der Waals surface area contributed by atoms with E-state index in [1.807, 2.05) is 66.7 Å². The first-order chi connectivity index (χ1) is 16.3. The maximum Gasteiger partial charge on any atom is 0.163 e. The molecule has 0 saturated carbocycles. The van der Waals surface area contributed by atoms with Crippen molar-refractivity contribution in [2.24, 2.45) is 0 Å². The number of nitrogens with one attached hydrogen (secondary N) is 1. The number of benzene rings is 2. The molecule has 0 aliphatic carbocycles. The molecule has 0 atom stereocenters. The maximum atomic E-state index is 6.09. The summed E-state index contributed by atoms with van der Waals surface area (Å²) in [7, 11) is 0. The van der Waals surface area contributed by atoms with E-state index in [0.717, 1.165) is 50.3 Å². The van der Waals surface area contributed by atoms with Crippen molar-refractivity contribution in [1.82, 2.24) is 19.9 Å². The molecular formula is C27H19N5O. The molecule has 4 aromatic heterocycles. The molecule has 0 radical (unpaired) electrons. The predicted octanol–water partition coefficient (Wildman–Crippen LogP) is 6.11. The van der Waals surface area contributed by atoms with E-state index in [-0.39, 0.29) is 0 Å². The van der Waals surface area contributed by atoms with Gasteiger partial charge >= 0.3 is 0 Å². The fourth-order valence-corrected chi connectivity index (χ4v) is 3.84. The number of furan rings is 1. The van der Waals surface area contributed by atoms with Crippen molar-refractivity contribution in [3.63, 3.8) is 0 Å². The third-order valence-electron chi connectivity index (χ3n) is 5.49. The Bertz CT molecular complexity index is 1530. The van der Waals surface area contributed by atoms with Gasteiger partial charge in [0.25, 0.3) is 0 Å². The van der Waals surface area contributed by atoms with Gasteiger partial charge in [-0.3, -0.25) is 9.97 Å². The smallest absolute Gasteiger partial charge is 0.163 e. The molecular weight excluding hydrogens is 410 g/mol. The minimum absolute atomic E-state index is 0.550. The molecule has 0 aliphatic rings. The molecule has 158 valence electrons. The van der Waals surface area contributed by atoms with Crippen molar-refractivity contribution in [3.05, 3.63) is 103 Å². The van der Waals surface area contributed by atoms with E-state index >= 15 is 0 Å². The Morgan fingerprint density at radius 2 is 1.73 bits per heavy atom. The molecule has 33 heavy (non-hydrogen) atoms. The third kappa shape index (κ3) is 3.78. The van der Waals surface area contributed by atoms with Gasteiger partial charge in [0.15, 0.2) is 5.82 Å². The number of rotatable bonds is 5. The highest BCUT2D eigenvalue weighted by atomic mass is 16.3. The van der Waals surface area contributed by atoms with Crippen LogP contribution in [0, 0.1) is 0 Å². The van der Waals surface area contributed by atoms with Crippen LogP contribution < -0.4 is 5.32 Å². The molecule has 6 rings (SSSR count). The van der Waals surface area contributed by atoms with Crippen LogP contribution in [0.5, 0.6) is 0 Å². The van der Waals surface area contributed by atoms with Crippen molar-refractivity contribution in [2.75, 3.05) is 5.32 Å². The second-order valence-corrected chi connectivity index (χ2v) is 7.69. The fourth-order valence-electron chi connectivity index (χ4n) is 3.84. The molecule has 4 heterocycles. The molecule has 0 saturated heterocycles. The van der Waals surface area contributed by atoms with Gasteiger partial charge in [0.1, 0.15) is 17.2 Å². The lowest BCUT2D eigenvalue weighted by Gasteiger charge is -2.12. The summed E-state index contributed by atoms with van der Waals surface area (Å²) in [5.74, 6) is 2.17. The van der Waals surface area contributed by atoms with Crippen LogP contribution >= 0.6 is 0 Å². The van der Waals surface area contributed by atoms with Crippen LogP contribution in [0.4, 0.5) is 5.82 Å². The number of para-hydroxylation sites is 1. The van der Waals surface area contributed by atoms with E-state index < -0.39 is 0 Å². The molecule has 0 bridgehead atoms. The first-order valence-corrected chi connectivity index (χ1v) is 10.7.